The quantitative estimate of drug-likeness (QED) is 0.664. The number of benzene rings is 2. The Kier molecular flexibility index (Phi) is 5.01. The van der Waals surface area contributed by atoms with Gasteiger partial charge in [-0.3, -0.25) is 4.79 Å². The molecule has 0 saturated carbocycles. The summed E-state index contributed by atoms with van der Waals surface area (Å²) >= 11 is 6.26. The molecule has 0 unspecified atom stereocenters. The summed E-state index contributed by atoms with van der Waals surface area (Å²) in [5, 5.41) is 23.9. The topological polar surface area (TPSA) is 75.4 Å². The molecular weight excluding hydrogens is 371 g/mol. The molecule has 0 aliphatic heterocycles. The Balaban J connectivity index is 2.26. The minimum Gasteiger partial charge on any atom is -0.508 e. The van der Waals surface area contributed by atoms with Gasteiger partial charge in [0.25, 0.3) is 5.56 Å². The van der Waals surface area contributed by atoms with Gasteiger partial charge in [-0.15, -0.1) is 0 Å². The Bertz CT molecular complexity index is 1110. The molecule has 3 aromatic rings. The van der Waals surface area contributed by atoms with Gasteiger partial charge >= 0.3 is 0 Å². The Morgan fingerprint density at radius 1 is 1.07 bits per heavy atom. The van der Waals surface area contributed by atoms with Gasteiger partial charge in [0.15, 0.2) is 5.75 Å². The highest BCUT2D eigenvalue weighted by Crippen LogP contribution is 2.36. The molecule has 0 atom stereocenters. The van der Waals surface area contributed by atoms with Gasteiger partial charge in [0.2, 0.25) is 0 Å². The number of phenols is 1. The number of hydrogen-bond acceptors (Lipinski definition) is 4. The highest BCUT2D eigenvalue weighted by molar-refractivity contribution is 6.32. The first kappa shape index (κ1) is 18.7. The summed E-state index contributed by atoms with van der Waals surface area (Å²) in [6.45, 7) is 1.52. The fraction of sp³-hybridized carbons (Fsp3) is 0.100. The third-order valence-corrected chi connectivity index (χ3v) is 4.44. The van der Waals surface area contributed by atoms with Crippen molar-refractivity contribution in [1.29, 1.82) is 0 Å². The second-order valence-corrected chi connectivity index (χ2v) is 6.39. The van der Waals surface area contributed by atoms with Crippen molar-refractivity contribution in [1.82, 2.24) is 9.78 Å². The van der Waals surface area contributed by atoms with E-state index in [0.29, 0.717) is 0 Å². The van der Waals surface area contributed by atoms with Crippen molar-refractivity contribution in [3.8, 4) is 22.6 Å². The van der Waals surface area contributed by atoms with Gasteiger partial charge < -0.3 is 10.2 Å². The van der Waals surface area contributed by atoms with E-state index in [-0.39, 0.29) is 33.2 Å². The Morgan fingerprint density at radius 2 is 1.74 bits per heavy atom. The SMILES string of the molecule is Cc1nn(C)c(=O)c(-c2c(F)ccc(Cl)c2/C=C/c2ccc(O)cc2)c1O. The van der Waals surface area contributed by atoms with Crippen LogP contribution in [0.4, 0.5) is 4.39 Å². The number of aryl methyl sites for hydroxylation is 2. The molecule has 1 heterocycles. The molecule has 27 heavy (non-hydrogen) atoms. The standard InChI is InChI=1S/C20H16ClFN2O3/c1-11-19(26)18(20(27)24(2)23-11)17-14(15(21)9-10-16(17)22)8-5-12-3-6-13(25)7-4-12/h3-10,25-26H,1-2H3/b8-5+. The molecule has 3 rings (SSSR count). The molecule has 0 spiro atoms. The van der Waals surface area contributed by atoms with Gasteiger partial charge in [-0.2, -0.15) is 5.10 Å². The van der Waals surface area contributed by atoms with Gasteiger partial charge in [-0.05, 0) is 36.8 Å². The molecule has 1 aromatic heterocycles. The van der Waals surface area contributed by atoms with Crippen LogP contribution >= 0.6 is 11.6 Å². The first-order valence-corrected chi connectivity index (χ1v) is 8.39. The first-order valence-electron chi connectivity index (χ1n) is 8.02. The van der Waals surface area contributed by atoms with Crippen LogP contribution < -0.4 is 5.56 Å². The van der Waals surface area contributed by atoms with Crippen LogP contribution in [0.15, 0.2) is 41.2 Å². The van der Waals surface area contributed by atoms with Crippen LogP contribution in [0, 0.1) is 12.7 Å². The predicted molar refractivity (Wildman–Crippen MR) is 103 cm³/mol. The smallest absolute Gasteiger partial charge is 0.278 e. The number of aromatic hydroxyl groups is 2. The van der Waals surface area contributed by atoms with Gasteiger partial charge in [-0.25, -0.2) is 9.07 Å². The Hall–Kier alpha value is -3.12. The van der Waals surface area contributed by atoms with E-state index in [1.165, 1.54) is 32.2 Å². The second-order valence-electron chi connectivity index (χ2n) is 5.98. The number of hydrogen-bond donors (Lipinski definition) is 2. The monoisotopic (exact) mass is 386 g/mol. The lowest BCUT2D eigenvalue weighted by Crippen LogP contribution is -2.23. The Labute approximate surface area is 159 Å². The maximum absolute atomic E-state index is 14.7. The second kappa shape index (κ2) is 7.25. The van der Waals surface area contributed by atoms with E-state index in [1.54, 1.807) is 24.3 Å². The number of nitrogens with zero attached hydrogens (tertiary/aromatic N) is 2. The lowest BCUT2D eigenvalue weighted by atomic mass is 9.98. The third kappa shape index (κ3) is 3.57. The molecule has 0 aliphatic rings. The fourth-order valence-electron chi connectivity index (χ4n) is 2.74. The minimum atomic E-state index is -0.692. The summed E-state index contributed by atoms with van der Waals surface area (Å²) in [7, 11) is 1.42. The van der Waals surface area contributed by atoms with E-state index in [1.807, 2.05) is 0 Å². The van der Waals surface area contributed by atoms with E-state index in [9.17, 15) is 19.4 Å². The van der Waals surface area contributed by atoms with Crippen LogP contribution in [0.25, 0.3) is 23.3 Å². The summed E-state index contributed by atoms with van der Waals surface area (Å²) in [5.74, 6) is -0.960. The van der Waals surface area contributed by atoms with Gasteiger partial charge in [0.1, 0.15) is 17.3 Å². The van der Waals surface area contributed by atoms with E-state index in [0.717, 1.165) is 16.3 Å². The van der Waals surface area contributed by atoms with E-state index in [2.05, 4.69) is 5.10 Å². The number of rotatable bonds is 3. The molecule has 0 bridgehead atoms. The molecule has 0 aliphatic carbocycles. The number of halogens is 2. The van der Waals surface area contributed by atoms with Gasteiger partial charge in [0, 0.05) is 23.2 Å². The first-order chi connectivity index (χ1) is 12.8. The van der Waals surface area contributed by atoms with Crippen molar-refractivity contribution in [2.24, 2.45) is 7.05 Å². The van der Waals surface area contributed by atoms with Crippen molar-refractivity contribution in [3.63, 3.8) is 0 Å². The molecule has 7 heteroatoms. The molecule has 2 aromatic carbocycles. The number of aromatic nitrogens is 2. The van der Waals surface area contributed by atoms with Crippen LogP contribution in [-0.2, 0) is 7.05 Å². The molecule has 0 saturated heterocycles. The van der Waals surface area contributed by atoms with Crippen molar-refractivity contribution in [2.75, 3.05) is 0 Å². The van der Waals surface area contributed by atoms with Crippen molar-refractivity contribution in [2.45, 2.75) is 6.92 Å². The third-order valence-electron chi connectivity index (χ3n) is 4.11. The highest BCUT2D eigenvalue weighted by Gasteiger charge is 2.22. The van der Waals surface area contributed by atoms with Crippen LogP contribution in [-0.4, -0.2) is 20.0 Å². The summed E-state index contributed by atoms with van der Waals surface area (Å²) in [6.07, 6.45) is 3.22. The lowest BCUT2D eigenvalue weighted by molar-refractivity contribution is 0.460. The Morgan fingerprint density at radius 3 is 2.41 bits per heavy atom. The van der Waals surface area contributed by atoms with E-state index >= 15 is 0 Å². The van der Waals surface area contributed by atoms with Crippen LogP contribution in [0.1, 0.15) is 16.8 Å². The lowest BCUT2D eigenvalue weighted by Gasteiger charge is -2.13. The maximum Gasteiger partial charge on any atom is 0.278 e. The molecule has 0 amide bonds. The van der Waals surface area contributed by atoms with Gasteiger partial charge in [0.05, 0.1) is 5.56 Å². The number of phenolic OH excluding ortho intramolecular Hbond substituents is 1. The van der Waals surface area contributed by atoms with Crippen LogP contribution in [0.3, 0.4) is 0 Å². The zero-order valence-corrected chi connectivity index (χ0v) is 15.3. The fourth-order valence-corrected chi connectivity index (χ4v) is 2.96. The van der Waals surface area contributed by atoms with Crippen LogP contribution in [0.5, 0.6) is 11.5 Å². The molecule has 0 fully saturated rings. The van der Waals surface area contributed by atoms with Crippen molar-refractivity contribution >= 4 is 23.8 Å². The molecule has 2 N–H and O–H groups in total. The minimum absolute atomic E-state index is 0.0962. The molecule has 5 nitrogen and oxygen atoms in total. The average Bonchev–Trinajstić information content (AvgIpc) is 2.63. The average molecular weight is 387 g/mol. The summed E-state index contributed by atoms with van der Waals surface area (Å²) in [5.41, 5.74) is 0.250. The molecular formula is C20H16ClFN2O3. The van der Waals surface area contributed by atoms with Crippen molar-refractivity contribution < 1.29 is 14.6 Å². The van der Waals surface area contributed by atoms with Crippen molar-refractivity contribution in [3.05, 3.63) is 74.4 Å². The summed E-state index contributed by atoms with van der Waals surface area (Å²) < 4.78 is 15.8. The van der Waals surface area contributed by atoms with E-state index in [4.69, 9.17) is 11.6 Å². The zero-order chi connectivity index (χ0) is 19.7. The van der Waals surface area contributed by atoms with Crippen LogP contribution in [0.2, 0.25) is 5.02 Å². The normalized spacial score (nSPS) is 11.3. The maximum atomic E-state index is 14.7. The molecule has 0 radical (unpaired) electrons. The zero-order valence-electron chi connectivity index (χ0n) is 14.6. The summed E-state index contributed by atoms with van der Waals surface area (Å²) in [6, 6.07) is 8.90. The predicted octanol–water partition coefficient (Wildman–Crippen LogP) is 4.13. The molecule has 138 valence electrons. The highest BCUT2D eigenvalue weighted by atomic mass is 35.5. The van der Waals surface area contributed by atoms with Gasteiger partial charge in [-0.1, -0.05) is 35.9 Å². The summed E-state index contributed by atoms with van der Waals surface area (Å²) in [4.78, 5) is 12.5. The van der Waals surface area contributed by atoms with E-state index < -0.39 is 17.1 Å². The largest absolute Gasteiger partial charge is 0.508 e.